The number of ether oxygens (including phenoxy) is 3. The summed E-state index contributed by atoms with van der Waals surface area (Å²) in [5.74, 6) is 0.284. The van der Waals surface area contributed by atoms with E-state index in [2.05, 4.69) is 15.9 Å². The molecule has 3 aromatic rings. The van der Waals surface area contributed by atoms with Crippen LogP contribution >= 0.6 is 15.9 Å². The van der Waals surface area contributed by atoms with Crippen molar-refractivity contribution in [1.29, 1.82) is 0 Å². The maximum atomic E-state index is 12.5. The van der Waals surface area contributed by atoms with Crippen molar-refractivity contribution in [3.8, 4) is 5.75 Å². The fraction of sp³-hybridized carbons (Fsp3) is 0.208. The Bertz CT molecular complexity index is 944. The first-order chi connectivity index (χ1) is 14.0. The molecule has 0 aliphatic carbocycles. The zero-order valence-corrected chi connectivity index (χ0v) is 18.0. The highest BCUT2D eigenvalue weighted by Gasteiger charge is 2.37. The Kier molecular flexibility index (Phi) is 7.07. The van der Waals surface area contributed by atoms with E-state index in [1.165, 1.54) is 7.11 Å². The molecular formula is C24H23BrO4. The highest BCUT2D eigenvalue weighted by molar-refractivity contribution is 9.10. The van der Waals surface area contributed by atoms with Crippen molar-refractivity contribution in [1.82, 2.24) is 0 Å². The molecule has 0 bridgehead atoms. The molecule has 0 saturated heterocycles. The SMILES string of the molecule is COC(=O)C(C)(OCc1cc(OCc2ccccc2)ccc1Br)c1ccccc1. The Morgan fingerprint density at radius 3 is 2.24 bits per heavy atom. The molecule has 0 amide bonds. The molecule has 0 radical (unpaired) electrons. The van der Waals surface area contributed by atoms with Crippen LogP contribution in [0, 0.1) is 0 Å². The van der Waals surface area contributed by atoms with Crippen LogP contribution in [0.1, 0.15) is 23.6 Å². The van der Waals surface area contributed by atoms with E-state index in [1.807, 2.05) is 78.9 Å². The lowest BCUT2D eigenvalue weighted by Crippen LogP contribution is -2.36. The summed E-state index contributed by atoms with van der Waals surface area (Å²) >= 11 is 3.55. The highest BCUT2D eigenvalue weighted by atomic mass is 79.9. The molecule has 3 aromatic carbocycles. The van der Waals surface area contributed by atoms with Gasteiger partial charge in [-0.1, -0.05) is 76.6 Å². The summed E-state index contributed by atoms with van der Waals surface area (Å²) in [6, 6.07) is 25.0. The average molecular weight is 455 g/mol. The average Bonchev–Trinajstić information content (AvgIpc) is 2.78. The van der Waals surface area contributed by atoms with Crippen LogP contribution in [-0.2, 0) is 33.1 Å². The third-order valence-corrected chi connectivity index (χ3v) is 5.46. The predicted octanol–water partition coefficient (Wildman–Crippen LogP) is 5.63. The molecule has 3 rings (SSSR count). The number of carbonyl (C=O) groups excluding carboxylic acids is 1. The molecule has 0 N–H and O–H groups in total. The minimum atomic E-state index is -1.21. The molecule has 4 nitrogen and oxygen atoms in total. The molecular weight excluding hydrogens is 432 g/mol. The smallest absolute Gasteiger partial charge is 0.342 e. The summed E-state index contributed by atoms with van der Waals surface area (Å²) in [7, 11) is 1.36. The van der Waals surface area contributed by atoms with Gasteiger partial charge in [0.15, 0.2) is 5.60 Å². The number of rotatable bonds is 8. The second kappa shape index (κ2) is 9.72. The van der Waals surface area contributed by atoms with Gasteiger partial charge in [-0.05, 0) is 41.8 Å². The van der Waals surface area contributed by atoms with Crippen LogP contribution in [0.15, 0.2) is 83.3 Å². The number of esters is 1. The van der Waals surface area contributed by atoms with Gasteiger partial charge in [0.2, 0.25) is 0 Å². The minimum absolute atomic E-state index is 0.212. The fourth-order valence-corrected chi connectivity index (χ4v) is 3.29. The van der Waals surface area contributed by atoms with Crippen LogP contribution in [-0.4, -0.2) is 13.1 Å². The van der Waals surface area contributed by atoms with Crippen LogP contribution in [0.25, 0.3) is 0 Å². The van der Waals surface area contributed by atoms with Gasteiger partial charge >= 0.3 is 5.97 Å². The predicted molar refractivity (Wildman–Crippen MR) is 116 cm³/mol. The van der Waals surface area contributed by atoms with Crippen LogP contribution in [0.4, 0.5) is 0 Å². The number of halogens is 1. The lowest BCUT2D eigenvalue weighted by Gasteiger charge is -2.28. The fourth-order valence-electron chi connectivity index (χ4n) is 2.93. The molecule has 0 spiro atoms. The summed E-state index contributed by atoms with van der Waals surface area (Å²) in [6.45, 7) is 2.41. The summed E-state index contributed by atoms with van der Waals surface area (Å²) in [5, 5.41) is 0. The molecule has 0 aromatic heterocycles. The standard InChI is InChI=1S/C24H23BrO4/c1-24(23(26)27-2,20-11-7-4-8-12-20)29-17-19-15-21(13-14-22(19)25)28-16-18-9-5-3-6-10-18/h3-15H,16-17H2,1-2H3. The first kappa shape index (κ1) is 21.1. The monoisotopic (exact) mass is 454 g/mol. The summed E-state index contributed by atoms with van der Waals surface area (Å²) in [5.41, 5.74) is 1.49. The maximum Gasteiger partial charge on any atom is 0.342 e. The van der Waals surface area contributed by atoms with Gasteiger partial charge in [-0.15, -0.1) is 0 Å². The molecule has 1 atom stereocenters. The van der Waals surface area contributed by atoms with E-state index in [0.29, 0.717) is 6.61 Å². The quantitative estimate of drug-likeness (QED) is 0.413. The lowest BCUT2D eigenvalue weighted by molar-refractivity contribution is -0.170. The van der Waals surface area contributed by atoms with Crippen molar-refractivity contribution in [3.05, 3.63) is 100 Å². The van der Waals surface area contributed by atoms with Gasteiger partial charge in [0, 0.05) is 4.47 Å². The summed E-state index contributed by atoms with van der Waals surface area (Å²) < 4.78 is 17.9. The Labute approximate surface area is 179 Å². The first-order valence-electron chi connectivity index (χ1n) is 9.26. The Morgan fingerprint density at radius 2 is 1.59 bits per heavy atom. The van der Waals surface area contributed by atoms with Crippen LogP contribution in [0.3, 0.4) is 0 Å². The van der Waals surface area contributed by atoms with Crippen LogP contribution in [0.5, 0.6) is 5.75 Å². The van der Waals surface area contributed by atoms with Crippen molar-refractivity contribution >= 4 is 21.9 Å². The van der Waals surface area contributed by atoms with Gasteiger partial charge in [-0.25, -0.2) is 4.79 Å². The maximum absolute atomic E-state index is 12.5. The molecule has 29 heavy (non-hydrogen) atoms. The molecule has 0 fully saturated rings. The van der Waals surface area contributed by atoms with Crippen molar-refractivity contribution < 1.29 is 19.0 Å². The zero-order valence-electron chi connectivity index (χ0n) is 16.4. The lowest BCUT2D eigenvalue weighted by atomic mass is 9.96. The van der Waals surface area contributed by atoms with Crippen molar-refractivity contribution in [2.75, 3.05) is 7.11 Å². The largest absolute Gasteiger partial charge is 0.489 e. The van der Waals surface area contributed by atoms with Crippen molar-refractivity contribution in [2.24, 2.45) is 0 Å². The van der Waals surface area contributed by atoms with E-state index in [4.69, 9.17) is 14.2 Å². The van der Waals surface area contributed by atoms with Gasteiger partial charge in [0.25, 0.3) is 0 Å². The second-order valence-electron chi connectivity index (χ2n) is 6.71. The number of benzene rings is 3. The van der Waals surface area contributed by atoms with Crippen LogP contribution in [0.2, 0.25) is 0 Å². The Hall–Kier alpha value is -2.63. The second-order valence-corrected chi connectivity index (χ2v) is 7.56. The third-order valence-electron chi connectivity index (χ3n) is 4.68. The molecule has 0 aliphatic rings. The van der Waals surface area contributed by atoms with Gasteiger partial charge < -0.3 is 14.2 Å². The van der Waals surface area contributed by atoms with E-state index >= 15 is 0 Å². The van der Waals surface area contributed by atoms with Gasteiger partial charge in [-0.2, -0.15) is 0 Å². The summed E-state index contributed by atoms with van der Waals surface area (Å²) in [4.78, 5) is 12.5. The van der Waals surface area contributed by atoms with Gasteiger partial charge in [0.1, 0.15) is 12.4 Å². The van der Waals surface area contributed by atoms with Crippen molar-refractivity contribution in [2.45, 2.75) is 25.7 Å². The topological polar surface area (TPSA) is 44.8 Å². The molecule has 0 heterocycles. The molecule has 5 heteroatoms. The van der Waals surface area contributed by atoms with E-state index in [0.717, 1.165) is 26.9 Å². The molecule has 1 unspecified atom stereocenters. The van der Waals surface area contributed by atoms with Gasteiger partial charge in [-0.3, -0.25) is 0 Å². The number of carbonyl (C=O) groups is 1. The highest BCUT2D eigenvalue weighted by Crippen LogP contribution is 2.31. The number of methoxy groups -OCH3 is 1. The first-order valence-corrected chi connectivity index (χ1v) is 10.1. The van der Waals surface area contributed by atoms with Crippen molar-refractivity contribution in [3.63, 3.8) is 0 Å². The van der Waals surface area contributed by atoms with E-state index in [-0.39, 0.29) is 6.61 Å². The van der Waals surface area contributed by atoms with E-state index in [9.17, 15) is 4.79 Å². The third kappa shape index (κ3) is 5.25. The van der Waals surface area contributed by atoms with Crippen LogP contribution < -0.4 is 4.74 Å². The number of hydrogen-bond donors (Lipinski definition) is 0. The number of hydrogen-bond acceptors (Lipinski definition) is 4. The van der Waals surface area contributed by atoms with E-state index < -0.39 is 11.6 Å². The minimum Gasteiger partial charge on any atom is -0.489 e. The Morgan fingerprint density at radius 1 is 0.931 bits per heavy atom. The van der Waals surface area contributed by atoms with Gasteiger partial charge in [0.05, 0.1) is 13.7 Å². The zero-order chi connectivity index (χ0) is 20.7. The summed E-state index contributed by atoms with van der Waals surface area (Å²) in [6.07, 6.45) is 0. The molecule has 0 aliphatic heterocycles. The molecule has 150 valence electrons. The Balaban J connectivity index is 1.75. The van der Waals surface area contributed by atoms with E-state index in [1.54, 1.807) is 6.92 Å². The normalized spacial score (nSPS) is 12.8. The molecule has 0 saturated carbocycles.